The summed E-state index contributed by atoms with van der Waals surface area (Å²) in [7, 11) is 0. The third-order valence-corrected chi connectivity index (χ3v) is 1.71. The van der Waals surface area contributed by atoms with Gasteiger partial charge in [0.05, 0.1) is 3.76 Å². The lowest BCUT2D eigenvalue weighted by molar-refractivity contribution is -0.109. The number of halogens is 1. The van der Waals surface area contributed by atoms with Gasteiger partial charge in [-0.1, -0.05) is 34.4 Å². The molecule has 0 aromatic rings. The summed E-state index contributed by atoms with van der Waals surface area (Å²) >= 11 is 3.48. The van der Waals surface area contributed by atoms with Gasteiger partial charge in [-0.2, -0.15) is 0 Å². The normalized spacial score (nSPS) is 8.33. The highest BCUT2D eigenvalue weighted by atomic mass is 127. The molecule has 0 fully saturated rings. The summed E-state index contributed by atoms with van der Waals surface area (Å²) in [6.07, 6.45) is 0. The lowest BCUT2D eigenvalue weighted by Crippen LogP contribution is -1.76. The maximum absolute atomic E-state index is 10.0. The first-order valence-corrected chi connectivity index (χ1v) is 3.98. The molecule has 0 aliphatic rings. The highest BCUT2D eigenvalue weighted by Gasteiger charge is 1.85. The molecule has 0 amide bonds. The first kappa shape index (κ1) is 6.75. The van der Waals surface area contributed by atoms with E-state index < -0.39 is 0 Å². The molecule has 0 heterocycles. The summed E-state index contributed by atoms with van der Waals surface area (Å²) in [5.41, 5.74) is 0. The van der Waals surface area contributed by atoms with Crippen LogP contribution in [0.4, 0.5) is 0 Å². The molecular weight excluding hydrogens is 211 g/mol. The van der Waals surface area contributed by atoms with Crippen LogP contribution >= 0.6 is 34.4 Å². The number of hydrogen-bond donors (Lipinski definition) is 0. The van der Waals surface area contributed by atoms with Crippen molar-refractivity contribution in [3.63, 3.8) is 0 Å². The number of carbonyl (C=O) groups is 1. The molecule has 3 heteroatoms. The van der Waals surface area contributed by atoms with Crippen LogP contribution < -0.4 is 0 Å². The molecular formula is C3H5IOS. The minimum absolute atomic E-state index is 0.199. The summed E-state index contributed by atoms with van der Waals surface area (Å²) in [4.78, 5) is 10.0. The zero-order valence-corrected chi connectivity index (χ0v) is 6.38. The van der Waals surface area contributed by atoms with Gasteiger partial charge >= 0.3 is 0 Å². The van der Waals surface area contributed by atoms with E-state index in [1.807, 2.05) is 0 Å². The van der Waals surface area contributed by atoms with E-state index in [1.165, 1.54) is 11.8 Å². The summed E-state index contributed by atoms with van der Waals surface area (Å²) in [5, 5.41) is 0.199. The Morgan fingerprint density at radius 1 is 2.00 bits per heavy atom. The fourth-order valence-corrected chi connectivity index (χ4v) is 1.55. The Morgan fingerprint density at radius 3 is 2.50 bits per heavy atom. The van der Waals surface area contributed by atoms with E-state index in [-0.39, 0.29) is 5.12 Å². The molecule has 36 valence electrons. The Bertz CT molecular complexity index is 54.8. The second-order valence-corrected chi connectivity index (χ2v) is 3.70. The van der Waals surface area contributed by atoms with Crippen LogP contribution in [-0.2, 0) is 4.79 Å². The van der Waals surface area contributed by atoms with Crippen molar-refractivity contribution in [2.45, 2.75) is 6.92 Å². The van der Waals surface area contributed by atoms with Crippen LogP contribution in [0, 0.1) is 0 Å². The lowest BCUT2D eigenvalue weighted by atomic mass is 10.9. The van der Waals surface area contributed by atoms with E-state index in [9.17, 15) is 4.79 Å². The van der Waals surface area contributed by atoms with Gasteiger partial charge in [-0.25, -0.2) is 0 Å². The van der Waals surface area contributed by atoms with Gasteiger partial charge in [-0.3, -0.25) is 4.79 Å². The fraction of sp³-hybridized carbons (Fsp3) is 0.667. The largest absolute Gasteiger partial charge is 0.288 e. The van der Waals surface area contributed by atoms with Crippen LogP contribution in [0.25, 0.3) is 0 Å². The number of carbonyl (C=O) groups excluding carboxylic acids is 1. The van der Waals surface area contributed by atoms with Gasteiger partial charge in [0.2, 0.25) is 0 Å². The van der Waals surface area contributed by atoms with E-state index in [1.54, 1.807) is 6.92 Å². The van der Waals surface area contributed by atoms with E-state index in [2.05, 4.69) is 22.6 Å². The van der Waals surface area contributed by atoms with Crippen LogP contribution in [0.1, 0.15) is 6.92 Å². The minimum atomic E-state index is 0.199. The zero-order chi connectivity index (χ0) is 4.99. The molecule has 0 bridgehead atoms. The molecule has 0 radical (unpaired) electrons. The number of rotatable bonds is 1. The van der Waals surface area contributed by atoms with Crippen molar-refractivity contribution in [3.8, 4) is 0 Å². The first-order chi connectivity index (χ1) is 2.77. The second-order valence-electron chi connectivity index (χ2n) is 0.745. The average molecular weight is 216 g/mol. The predicted molar refractivity (Wildman–Crippen MR) is 37.2 cm³/mol. The Labute approximate surface area is 55.0 Å². The van der Waals surface area contributed by atoms with Crippen molar-refractivity contribution >= 4 is 39.5 Å². The standard InChI is InChI=1S/C3H5IOS/c1-3(5)6-2-4/h2H2,1H3. The maximum Gasteiger partial charge on any atom is 0.186 e. The molecule has 0 rings (SSSR count). The highest BCUT2D eigenvalue weighted by Crippen LogP contribution is 2.03. The summed E-state index contributed by atoms with van der Waals surface area (Å²) in [6.45, 7) is 1.57. The van der Waals surface area contributed by atoms with Crippen molar-refractivity contribution in [2.24, 2.45) is 0 Å². The van der Waals surface area contributed by atoms with Crippen molar-refractivity contribution in [2.75, 3.05) is 3.76 Å². The maximum atomic E-state index is 10.0. The summed E-state index contributed by atoms with van der Waals surface area (Å²) in [6, 6.07) is 0. The van der Waals surface area contributed by atoms with Gasteiger partial charge in [-0.15, -0.1) is 0 Å². The van der Waals surface area contributed by atoms with Crippen LogP contribution in [0.3, 0.4) is 0 Å². The van der Waals surface area contributed by atoms with Crippen molar-refractivity contribution in [1.82, 2.24) is 0 Å². The SMILES string of the molecule is CC(=O)SCI. The van der Waals surface area contributed by atoms with E-state index in [4.69, 9.17) is 0 Å². The van der Waals surface area contributed by atoms with Gasteiger partial charge in [0, 0.05) is 6.92 Å². The number of alkyl halides is 1. The Hall–Kier alpha value is 0.750. The molecule has 0 saturated heterocycles. The quantitative estimate of drug-likeness (QED) is 0.489. The van der Waals surface area contributed by atoms with E-state index in [0.29, 0.717) is 0 Å². The van der Waals surface area contributed by atoms with Crippen molar-refractivity contribution < 1.29 is 4.79 Å². The van der Waals surface area contributed by atoms with Crippen LogP contribution in [0.5, 0.6) is 0 Å². The predicted octanol–water partition coefficient (Wildman–Crippen LogP) is 1.66. The van der Waals surface area contributed by atoms with Crippen LogP contribution in [-0.4, -0.2) is 8.87 Å². The Balaban J connectivity index is 2.83. The van der Waals surface area contributed by atoms with Gasteiger partial charge < -0.3 is 0 Å². The van der Waals surface area contributed by atoms with Crippen molar-refractivity contribution in [3.05, 3.63) is 0 Å². The first-order valence-electron chi connectivity index (χ1n) is 1.46. The fourth-order valence-electron chi connectivity index (χ4n) is 0.0768. The highest BCUT2D eigenvalue weighted by molar-refractivity contribution is 14.1. The number of thioether (sulfide) groups is 1. The average Bonchev–Trinajstić information content (AvgIpc) is 1.35. The Kier molecular flexibility index (Phi) is 4.41. The number of hydrogen-bond acceptors (Lipinski definition) is 2. The molecule has 0 aromatic carbocycles. The molecule has 0 unspecified atom stereocenters. The molecule has 0 aromatic heterocycles. The van der Waals surface area contributed by atoms with E-state index >= 15 is 0 Å². The summed E-state index contributed by atoms with van der Waals surface area (Å²) in [5.74, 6) is 0. The molecule has 0 aliphatic carbocycles. The summed E-state index contributed by atoms with van der Waals surface area (Å²) < 4.78 is 0.868. The minimum Gasteiger partial charge on any atom is -0.288 e. The molecule has 1 nitrogen and oxygen atoms in total. The molecule has 0 spiro atoms. The zero-order valence-electron chi connectivity index (χ0n) is 3.40. The molecule has 0 aliphatic heterocycles. The molecule has 0 saturated carbocycles. The van der Waals surface area contributed by atoms with Gasteiger partial charge in [0.1, 0.15) is 0 Å². The third-order valence-electron chi connectivity index (χ3n) is 0.258. The van der Waals surface area contributed by atoms with Crippen molar-refractivity contribution in [1.29, 1.82) is 0 Å². The van der Waals surface area contributed by atoms with Crippen LogP contribution in [0.15, 0.2) is 0 Å². The van der Waals surface area contributed by atoms with Gasteiger partial charge in [-0.05, 0) is 0 Å². The van der Waals surface area contributed by atoms with Gasteiger partial charge in [0.15, 0.2) is 5.12 Å². The van der Waals surface area contributed by atoms with Crippen LogP contribution in [0.2, 0.25) is 0 Å². The molecule has 0 atom stereocenters. The third kappa shape index (κ3) is 4.75. The van der Waals surface area contributed by atoms with Gasteiger partial charge in [0.25, 0.3) is 0 Å². The smallest absolute Gasteiger partial charge is 0.186 e. The molecule has 0 N–H and O–H groups in total. The monoisotopic (exact) mass is 216 g/mol. The second kappa shape index (κ2) is 3.92. The Morgan fingerprint density at radius 2 is 2.50 bits per heavy atom. The molecule has 6 heavy (non-hydrogen) atoms. The topological polar surface area (TPSA) is 17.1 Å². The lowest BCUT2D eigenvalue weighted by Gasteiger charge is -1.79. The van der Waals surface area contributed by atoms with E-state index in [0.717, 1.165) is 3.76 Å².